The second-order valence-electron chi connectivity index (χ2n) is 6.25. The Morgan fingerprint density at radius 3 is 2.71 bits per heavy atom. The molecule has 1 aliphatic rings. The number of nitrogens with one attached hydrogen (secondary N) is 1. The van der Waals surface area contributed by atoms with Crippen molar-refractivity contribution < 1.29 is 14.7 Å². The van der Waals surface area contributed by atoms with Crippen molar-refractivity contribution in [2.45, 2.75) is 50.9 Å². The van der Waals surface area contributed by atoms with Gasteiger partial charge in [-0.25, -0.2) is 4.79 Å². The Labute approximate surface area is 127 Å². The van der Waals surface area contributed by atoms with E-state index >= 15 is 0 Å². The van der Waals surface area contributed by atoms with Crippen molar-refractivity contribution in [3.63, 3.8) is 0 Å². The van der Waals surface area contributed by atoms with E-state index in [1.807, 2.05) is 4.57 Å². The van der Waals surface area contributed by atoms with Crippen LogP contribution in [0.3, 0.4) is 0 Å². The van der Waals surface area contributed by atoms with Crippen LogP contribution >= 0.6 is 11.8 Å². The van der Waals surface area contributed by atoms with Crippen LogP contribution in [0, 0.1) is 5.41 Å². The Bertz CT molecular complexity index is 534. The third-order valence-corrected chi connectivity index (χ3v) is 4.19. The lowest BCUT2D eigenvalue weighted by atomic mass is 9.87. The van der Waals surface area contributed by atoms with Crippen LogP contribution in [-0.4, -0.2) is 43.5 Å². The highest BCUT2D eigenvalue weighted by atomic mass is 32.2. The smallest absolute Gasteiger partial charge is 0.326 e. The van der Waals surface area contributed by atoms with Crippen molar-refractivity contribution in [2.24, 2.45) is 5.41 Å². The monoisotopic (exact) mass is 312 g/mol. The van der Waals surface area contributed by atoms with E-state index < -0.39 is 17.4 Å². The Morgan fingerprint density at radius 2 is 2.19 bits per heavy atom. The second kappa shape index (κ2) is 6.05. The average Bonchev–Trinajstić information content (AvgIpc) is 3.11. The first-order chi connectivity index (χ1) is 9.79. The number of nitrogens with zero attached hydrogens (tertiary/aromatic N) is 3. The first-order valence-corrected chi connectivity index (χ1v) is 7.82. The largest absolute Gasteiger partial charge is 0.480 e. The van der Waals surface area contributed by atoms with Gasteiger partial charge in [0.2, 0.25) is 5.91 Å². The van der Waals surface area contributed by atoms with E-state index in [0.29, 0.717) is 11.2 Å². The summed E-state index contributed by atoms with van der Waals surface area (Å²) in [6.07, 6.45) is 3.90. The van der Waals surface area contributed by atoms with Crippen LogP contribution in [0.4, 0.5) is 0 Å². The summed E-state index contributed by atoms with van der Waals surface area (Å²) in [6, 6.07) is -0.459. The molecule has 0 radical (unpaired) electrons. The van der Waals surface area contributed by atoms with Crippen molar-refractivity contribution >= 4 is 23.6 Å². The van der Waals surface area contributed by atoms with Gasteiger partial charge >= 0.3 is 5.97 Å². The maximum absolute atomic E-state index is 11.9. The van der Waals surface area contributed by atoms with Gasteiger partial charge in [0.1, 0.15) is 12.4 Å². The van der Waals surface area contributed by atoms with E-state index in [4.69, 9.17) is 0 Å². The summed E-state index contributed by atoms with van der Waals surface area (Å²) < 4.78 is 1.97. The van der Waals surface area contributed by atoms with Crippen molar-refractivity contribution in [3.05, 3.63) is 6.33 Å². The molecule has 0 aromatic carbocycles. The third kappa shape index (κ3) is 4.20. The SMILES string of the molecule is CC(C)(C)[C@@H](NC(=O)CSc1nncn1C1CC1)C(=O)O. The Morgan fingerprint density at radius 1 is 1.52 bits per heavy atom. The molecule has 1 atom stereocenters. The van der Waals surface area contributed by atoms with E-state index in [1.165, 1.54) is 11.8 Å². The number of carbonyl (C=O) groups excluding carboxylic acids is 1. The fourth-order valence-corrected chi connectivity index (χ4v) is 2.71. The van der Waals surface area contributed by atoms with Gasteiger partial charge in [-0.05, 0) is 18.3 Å². The quantitative estimate of drug-likeness (QED) is 0.769. The van der Waals surface area contributed by atoms with Gasteiger partial charge in [-0.2, -0.15) is 0 Å². The fraction of sp³-hybridized carbons (Fsp3) is 0.692. The molecule has 1 saturated carbocycles. The van der Waals surface area contributed by atoms with Gasteiger partial charge in [-0.1, -0.05) is 32.5 Å². The Balaban J connectivity index is 1.89. The van der Waals surface area contributed by atoms with E-state index in [1.54, 1.807) is 27.1 Å². The lowest BCUT2D eigenvalue weighted by molar-refractivity contribution is -0.144. The van der Waals surface area contributed by atoms with Gasteiger partial charge in [-0.15, -0.1) is 10.2 Å². The standard InChI is InChI=1S/C13H20N4O3S/c1-13(2,3)10(11(19)20)15-9(18)6-21-12-16-14-7-17(12)8-4-5-8/h7-8,10H,4-6H2,1-3H3,(H,15,18)(H,19,20)/t10-/m0/s1. The highest BCUT2D eigenvalue weighted by Crippen LogP contribution is 2.37. The van der Waals surface area contributed by atoms with Gasteiger partial charge in [0.05, 0.1) is 5.75 Å². The summed E-state index contributed by atoms with van der Waals surface area (Å²) in [6.45, 7) is 5.34. The molecular weight excluding hydrogens is 292 g/mol. The molecule has 116 valence electrons. The number of carboxylic acids is 1. The molecule has 1 aliphatic carbocycles. The molecule has 1 amide bonds. The highest BCUT2D eigenvalue weighted by Gasteiger charge is 2.32. The number of aromatic nitrogens is 3. The molecule has 2 rings (SSSR count). The fourth-order valence-electron chi connectivity index (χ4n) is 1.92. The number of carbonyl (C=O) groups is 2. The van der Waals surface area contributed by atoms with E-state index in [-0.39, 0.29) is 11.7 Å². The van der Waals surface area contributed by atoms with E-state index in [9.17, 15) is 14.7 Å². The summed E-state index contributed by atoms with van der Waals surface area (Å²) in [5.41, 5.74) is -0.541. The number of rotatable bonds is 6. The number of hydrogen-bond acceptors (Lipinski definition) is 5. The number of hydrogen-bond donors (Lipinski definition) is 2. The topological polar surface area (TPSA) is 97.1 Å². The minimum atomic E-state index is -1.03. The first kappa shape index (κ1) is 15.8. The molecule has 2 N–H and O–H groups in total. The van der Waals surface area contributed by atoms with Gasteiger partial charge in [0, 0.05) is 6.04 Å². The van der Waals surface area contributed by atoms with Gasteiger partial charge in [0.25, 0.3) is 0 Å². The predicted octanol–water partition coefficient (Wildman–Crippen LogP) is 1.32. The molecule has 21 heavy (non-hydrogen) atoms. The number of thioether (sulfide) groups is 1. The van der Waals surface area contributed by atoms with E-state index in [2.05, 4.69) is 15.5 Å². The minimum Gasteiger partial charge on any atom is -0.480 e. The Hall–Kier alpha value is -1.57. The summed E-state index contributed by atoms with van der Waals surface area (Å²) in [7, 11) is 0. The lowest BCUT2D eigenvalue weighted by Gasteiger charge is -2.27. The molecule has 1 aromatic rings. The lowest BCUT2D eigenvalue weighted by Crippen LogP contribution is -2.49. The third-order valence-electron chi connectivity index (χ3n) is 3.23. The molecule has 0 aliphatic heterocycles. The molecule has 0 bridgehead atoms. The number of aliphatic carboxylic acids is 1. The Kier molecular flexibility index (Phi) is 4.55. The van der Waals surface area contributed by atoms with Crippen LogP contribution in [0.5, 0.6) is 0 Å². The van der Waals surface area contributed by atoms with Gasteiger partial charge in [-0.3, -0.25) is 4.79 Å². The maximum Gasteiger partial charge on any atom is 0.326 e. The predicted molar refractivity (Wildman–Crippen MR) is 78.0 cm³/mol. The van der Waals surface area contributed by atoms with Crippen LogP contribution in [-0.2, 0) is 9.59 Å². The van der Waals surface area contributed by atoms with Crippen LogP contribution in [0.25, 0.3) is 0 Å². The summed E-state index contributed by atoms with van der Waals surface area (Å²) in [4.78, 5) is 23.2. The van der Waals surface area contributed by atoms with Crippen molar-refractivity contribution in [3.8, 4) is 0 Å². The van der Waals surface area contributed by atoms with Gasteiger partial charge < -0.3 is 15.0 Å². The van der Waals surface area contributed by atoms with Crippen LogP contribution in [0.15, 0.2) is 11.5 Å². The van der Waals surface area contributed by atoms with E-state index in [0.717, 1.165) is 12.8 Å². The van der Waals surface area contributed by atoms with Crippen LogP contribution in [0.1, 0.15) is 39.7 Å². The zero-order valence-electron chi connectivity index (χ0n) is 12.4. The molecule has 1 aromatic heterocycles. The van der Waals surface area contributed by atoms with Crippen molar-refractivity contribution in [1.29, 1.82) is 0 Å². The average molecular weight is 312 g/mol. The summed E-state index contributed by atoms with van der Waals surface area (Å²) >= 11 is 1.28. The summed E-state index contributed by atoms with van der Waals surface area (Å²) in [5.74, 6) is -1.21. The minimum absolute atomic E-state index is 0.130. The molecule has 1 fully saturated rings. The van der Waals surface area contributed by atoms with Crippen molar-refractivity contribution in [2.75, 3.05) is 5.75 Å². The zero-order valence-corrected chi connectivity index (χ0v) is 13.2. The zero-order chi connectivity index (χ0) is 15.6. The molecule has 0 unspecified atom stereocenters. The molecular formula is C13H20N4O3S. The number of amides is 1. The molecule has 1 heterocycles. The highest BCUT2D eigenvalue weighted by molar-refractivity contribution is 7.99. The molecule has 0 spiro atoms. The normalized spacial score (nSPS) is 16.5. The number of carboxylic acid groups (broad SMARTS) is 1. The van der Waals surface area contributed by atoms with Gasteiger partial charge in [0.15, 0.2) is 5.16 Å². The second-order valence-corrected chi connectivity index (χ2v) is 7.19. The molecule has 8 heteroatoms. The summed E-state index contributed by atoms with van der Waals surface area (Å²) in [5, 5.41) is 20.3. The molecule has 7 nitrogen and oxygen atoms in total. The maximum atomic E-state index is 11.9. The molecule has 0 saturated heterocycles. The van der Waals surface area contributed by atoms with Crippen LogP contribution in [0.2, 0.25) is 0 Å². The van der Waals surface area contributed by atoms with Crippen LogP contribution < -0.4 is 5.32 Å². The first-order valence-electron chi connectivity index (χ1n) is 6.83. The van der Waals surface area contributed by atoms with Crippen molar-refractivity contribution in [1.82, 2.24) is 20.1 Å².